The molecule has 0 aliphatic rings. The summed E-state index contributed by atoms with van der Waals surface area (Å²) < 4.78 is 2.02. The van der Waals surface area contributed by atoms with Crippen LogP contribution in [0.3, 0.4) is 0 Å². The second-order valence-electron chi connectivity index (χ2n) is 4.23. The van der Waals surface area contributed by atoms with Crippen LogP contribution in [-0.2, 0) is 0 Å². The molecule has 0 amide bonds. The zero-order valence-electron chi connectivity index (χ0n) is 10.0. The number of pyridine rings is 1. The molecule has 0 radical (unpaired) electrons. The molecule has 2 N–H and O–H groups in total. The Morgan fingerprint density at radius 3 is 3.06 bits per heavy atom. The van der Waals surface area contributed by atoms with E-state index in [1.807, 2.05) is 28.8 Å². The lowest BCUT2D eigenvalue weighted by Gasteiger charge is -2.03. The van der Waals surface area contributed by atoms with Crippen molar-refractivity contribution in [3.63, 3.8) is 0 Å². The minimum Gasteiger partial charge on any atom is -0.328 e. The van der Waals surface area contributed by atoms with Gasteiger partial charge in [0.25, 0.3) is 0 Å². The van der Waals surface area contributed by atoms with Gasteiger partial charge in [-0.1, -0.05) is 24.2 Å². The molecule has 2 heterocycles. The van der Waals surface area contributed by atoms with Crippen LogP contribution in [0.4, 0.5) is 0 Å². The van der Waals surface area contributed by atoms with Crippen molar-refractivity contribution in [1.82, 2.24) is 14.6 Å². The molecule has 1 unspecified atom stereocenters. The first-order valence-corrected chi connectivity index (χ1v) is 6.94. The minimum atomic E-state index is 0.314. The summed E-state index contributed by atoms with van der Waals surface area (Å²) in [6.45, 7) is 2.05. The van der Waals surface area contributed by atoms with Crippen molar-refractivity contribution in [2.75, 3.05) is 5.75 Å². The Kier molecular flexibility index (Phi) is 4.39. The first kappa shape index (κ1) is 12.4. The van der Waals surface area contributed by atoms with Crippen LogP contribution < -0.4 is 5.73 Å². The predicted octanol–water partition coefficient (Wildman–Crippen LogP) is 2.34. The van der Waals surface area contributed by atoms with Crippen LogP contribution in [0.25, 0.3) is 5.65 Å². The standard InChI is InChI=1S/C12H18N4S/c1-10(13)6-3-5-9-17-12-15-14-11-7-2-4-8-16(11)12/h2,4,7-8,10H,3,5-6,9,13H2,1H3. The number of hydrogen-bond donors (Lipinski definition) is 1. The third-order valence-corrected chi connectivity index (χ3v) is 3.60. The monoisotopic (exact) mass is 250 g/mol. The van der Waals surface area contributed by atoms with Gasteiger partial charge in [-0.3, -0.25) is 4.40 Å². The first-order chi connectivity index (χ1) is 8.27. The number of nitrogens with two attached hydrogens (primary N) is 1. The van der Waals surface area contributed by atoms with Gasteiger partial charge < -0.3 is 5.73 Å². The molecule has 5 heteroatoms. The van der Waals surface area contributed by atoms with E-state index in [9.17, 15) is 0 Å². The lowest BCUT2D eigenvalue weighted by Crippen LogP contribution is -2.14. The highest BCUT2D eigenvalue weighted by molar-refractivity contribution is 7.99. The third kappa shape index (κ3) is 3.44. The third-order valence-electron chi connectivity index (χ3n) is 2.57. The Bertz CT molecular complexity index is 466. The van der Waals surface area contributed by atoms with Gasteiger partial charge in [-0.25, -0.2) is 0 Å². The number of rotatable bonds is 6. The summed E-state index contributed by atoms with van der Waals surface area (Å²) in [5, 5.41) is 9.27. The molecule has 0 saturated heterocycles. The van der Waals surface area contributed by atoms with Crippen LogP contribution in [0, 0.1) is 0 Å². The van der Waals surface area contributed by atoms with Crippen molar-refractivity contribution < 1.29 is 0 Å². The van der Waals surface area contributed by atoms with E-state index in [0.29, 0.717) is 6.04 Å². The molecule has 2 aromatic heterocycles. The molecular formula is C12H18N4S. The van der Waals surface area contributed by atoms with Crippen molar-refractivity contribution in [2.24, 2.45) is 5.73 Å². The summed E-state index contributed by atoms with van der Waals surface area (Å²) in [4.78, 5) is 0. The normalized spacial score (nSPS) is 13.1. The van der Waals surface area contributed by atoms with Gasteiger partial charge in [-0.15, -0.1) is 10.2 Å². The highest BCUT2D eigenvalue weighted by atomic mass is 32.2. The molecule has 4 nitrogen and oxygen atoms in total. The summed E-state index contributed by atoms with van der Waals surface area (Å²) in [7, 11) is 0. The molecule has 2 rings (SSSR count). The summed E-state index contributed by atoms with van der Waals surface area (Å²) >= 11 is 1.76. The Balaban J connectivity index is 1.83. The molecule has 0 saturated carbocycles. The molecule has 0 fully saturated rings. The van der Waals surface area contributed by atoms with E-state index in [-0.39, 0.29) is 0 Å². The number of hydrogen-bond acceptors (Lipinski definition) is 4. The molecule has 0 bridgehead atoms. The van der Waals surface area contributed by atoms with Gasteiger partial charge in [0.15, 0.2) is 10.8 Å². The lowest BCUT2D eigenvalue weighted by atomic mass is 10.2. The molecule has 0 aliphatic carbocycles. The summed E-state index contributed by atoms with van der Waals surface area (Å²) in [5.74, 6) is 1.07. The molecule has 2 aromatic rings. The number of nitrogens with zero attached hydrogens (tertiary/aromatic N) is 3. The maximum atomic E-state index is 5.71. The van der Waals surface area contributed by atoms with E-state index < -0.39 is 0 Å². The van der Waals surface area contributed by atoms with Crippen molar-refractivity contribution in [3.8, 4) is 0 Å². The van der Waals surface area contributed by atoms with Crippen LogP contribution in [-0.4, -0.2) is 26.4 Å². The van der Waals surface area contributed by atoms with E-state index in [1.165, 1.54) is 12.8 Å². The molecule has 1 atom stereocenters. The number of aromatic nitrogens is 3. The van der Waals surface area contributed by atoms with E-state index >= 15 is 0 Å². The van der Waals surface area contributed by atoms with Gasteiger partial charge in [0.05, 0.1) is 0 Å². The fourth-order valence-electron chi connectivity index (χ4n) is 1.65. The smallest absolute Gasteiger partial charge is 0.195 e. The first-order valence-electron chi connectivity index (χ1n) is 5.95. The van der Waals surface area contributed by atoms with Gasteiger partial charge >= 0.3 is 0 Å². The van der Waals surface area contributed by atoms with Crippen LogP contribution in [0.15, 0.2) is 29.6 Å². The minimum absolute atomic E-state index is 0.314. The Hall–Kier alpha value is -1.07. The summed E-state index contributed by atoms with van der Waals surface area (Å²) in [6.07, 6.45) is 5.45. The average Bonchev–Trinajstić information content (AvgIpc) is 2.72. The van der Waals surface area contributed by atoms with Gasteiger partial charge in [0.2, 0.25) is 0 Å². The van der Waals surface area contributed by atoms with Gasteiger partial charge in [-0.2, -0.15) is 0 Å². The Morgan fingerprint density at radius 1 is 1.35 bits per heavy atom. The Labute approximate surface area is 106 Å². The molecule has 0 spiro atoms. The largest absolute Gasteiger partial charge is 0.328 e. The topological polar surface area (TPSA) is 56.2 Å². The van der Waals surface area contributed by atoms with Crippen LogP contribution in [0.1, 0.15) is 26.2 Å². The highest BCUT2D eigenvalue weighted by Crippen LogP contribution is 2.18. The second kappa shape index (κ2) is 6.02. The van der Waals surface area contributed by atoms with E-state index in [2.05, 4.69) is 17.1 Å². The zero-order valence-corrected chi connectivity index (χ0v) is 10.9. The van der Waals surface area contributed by atoms with E-state index in [1.54, 1.807) is 11.8 Å². The molecular weight excluding hydrogens is 232 g/mol. The maximum Gasteiger partial charge on any atom is 0.195 e. The van der Waals surface area contributed by atoms with Crippen molar-refractivity contribution in [1.29, 1.82) is 0 Å². The molecule has 0 aliphatic heterocycles. The van der Waals surface area contributed by atoms with Gasteiger partial charge in [0.1, 0.15) is 0 Å². The van der Waals surface area contributed by atoms with Crippen LogP contribution >= 0.6 is 11.8 Å². The average molecular weight is 250 g/mol. The number of unbranched alkanes of at least 4 members (excludes halogenated alkanes) is 1. The van der Waals surface area contributed by atoms with Crippen molar-refractivity contribution >= 4 is 17.4 Å². The molecule has 0 aromatic carbocycles. The Morgan fingerprint density at radius 2 is 2.24 bits per heavy atom. The van der Waals surface area contributed by atoms with Crippen molar-refractivity contribution in [3.05, 3.63) is 24.4 Å². The van der Waals surface area contributed by atoms with E-state index in [4.69, 9.17) is 5.73 Å². The van der Waals surface area contributed by atoms with Crippen molar-refractivity contribution in [2.45, 2.75) is 37.4 Å². The summed E-state index contributed by atoms with van der Waals surface area (Å²) in [5.41, 5.74) is 6.62. The zero-order chi connectivity index (χ0) is 12.1. The van der Waals surface area contributed by atoms with Gasteiger partial charge in [0, 0.05) is 18.0 Å². The fourth-order valence-corrected chi connectivity index (χ4v) is 2.57. The van der Waals surface area contributed by atoms with E-state index in [0.717, 1.165) is 23.0 Å². The fraction of sp³-hybridized carbons (Fsp3) is 0.500. The lowest BCUT2D eigenvalue weighted by molar-refractivity contribution is 0.618. The number of fused-ring (bicyclic) bond motifs is 1. The molecule has 92 valence electrons. The maximum absolute atomic E-state index is 5.71. The van der Waals surface area contributed by atoms with Crippen LogP contribution in [0.2, 0.25) is 0 Å². The second-order valence-corrected chi connectivity index (χ2v) is 5.30. The SMILES string of the molecule is CC(N)CCCCSc1nnc2ccccn12. The summed E-state index contributed by atoms with van der Waals surface area (Å²) in [6, 6.07) is 6.25. The number of thioether (sulfide) groups is 1. The van der Waals surface area contributed by atoms with Gasteiger partial charge in [-0.05, 0) is 31.9 Å². The van der Waals surface area contributed by atoms with Crippen LogP contribution in [0.5, 0.6) is 0 Å². The predicted molar refractivity (Wildman–Crippen MR) is 71.2 cm³/mol. The highest BCUT2D eigenvalue weighted by Gasteiger charge is 2.04. The molecule has 17 heavy (non-hydrogen) atoms. The quantitative estimate of drug-likeness (QED) is 0.631.